The number of esters is 2. The number of aromatic amines is 1. The third-order valence-electron chi connectivity index (χ3n) is 7.27. The first-order valence-electron chi connectivity index (χ1n) is 15.2. The molecule has 2 atom stereocenters. The van der Waals surface area contributed by atoms with Crippen molar-refractivity contribution in [3.05, 3.63) is 70.0 Å². The van der Waals surface area contributed by atoms with Gasteiger partial charge in [-0.15, -0.1) is 11.8 Å². The van der Waals surface area contributed by atoms with Crippen LogP contribution in [0.4, 0.5) is 0 Å². The molecular weight excluding hydrogens is 656 g/mol. The number of aliphatic carboxylic acids is 1. The quantitative estimate of drug-likeness (QED) is 0.0618. The van der Waals surface area contributed by atoms with Crippen LogP contribution in [-0.4, -0.2) is 96.0 Å². The second-order valence-electron chi connectivity index (χ2n) is 10.8. The van der Waals surface area contributed by atoms with Crippen LogP contribution in [0, 0.1) is 25.2 Å². The number of amides is 1. The van der Waals surface area contributed by atoms with Crippen LogP contribution >= 0.6 is 11.8 Å². The summed E-state index contributed by atoms with van der Waals surface area (Å²) in [4.78, 5) is 47.2. The molecule has 0 bridgehead atoms. The highest BCUT2D eigenvalue weighted by Gasteiger charge is 2.23. The maximum absolute atomic E-state index is 11.6. The summed E-state index contributed by atoms with van der Waals surface area (Å²) in [6.45, 7) is 7.60. The van der Waals surface area contributed by atoms with Crippen molar-refractivity contribution in [3.63, 3.8) is 0 Å². The van der Waals surface area contributed by atoms with Gasteiger partial charge in [0.1, 0.15) is 5.82 Å². The molecule has 3 heterocycles. The molecule has 49 heavy (non-hydrogen) atoms. The average molecular weight is 701 g/mol. The lowest BCUT2D eigenvalue weighted by atomic mass is 10.0. The number of carbonyl (C=O) groups is 4. The molecule has 1 aromatic heterocycles. The Hall–Kier alpha value is -4.64. The van der Waals surface area contributed by atoms with Gasteiger partial charge in [-0.3, -0.25) is 25.5 Å². The number of methoxy groups -OCH3 is 2. The van der Waals surface area contributed by atoms with E-state index in [-0.39, 0.29) is 29.7 Å². The largest absolute Gasteiger partial charge is 0.481 e. The van der Waals surface area contributed by atoms with E-state index in [1.54, 1.807) is 24.3 Å². The zero-order chi connectivity index (χ0) is 36.5. The van der Waals surface area contributed by atoms with Gasteiger partial charge in [-0.05, 0) is 68.3 Å². The maximum Gasteiger partial charge on any atom is 0.337 e. The summed E-state index contributed by atoms with van der Waals surface area (Å²) in [6.07, 6.45) is 3.59. The normalized spacial score (nSPS) is 16.0. The number of H-pyrrole nitrogens is 1. The second-order valence-corrected chi connectivity index (χ2v) is 11.6. The SMILES string of the molecule is CC(=O)O.COC(=O)c1ccc(C)c(-c2n[nH]c(C3CCOC3)n2)c1.COC(=O)c1ccc(C)c(C(=N)SC)c1.NNC(=O)C1CCOC1. The summed E-state index contributed by atoms with van der Waals surface area (Å²) in [7, 11) is 2.72. The Labute approximate surface area is 289 Å². The number of nitrogens with one attached hydrogen (secondary N) is 3. The molecular formula is C33H44N6O9S. The molecule has 3 aromatic rings. The molecule has 5 rings (SSSR count). The number of carboxylic acids is 1. The minimum atomic E-state index is -0.833. The fourth-order valence-corrected chi connectivity index (χ4v) is 4.96. The van der Waals surface area contributed by atoms with Gasteiger partial charge in [-0.25, -0.2) is 20.4 Å². The lowest BCUT2D eigenvalue weighted by Crippen LogP contribution is -2.36. The summed E-state index contributed by atoms with van der Waals surface area (Å²) < 4.78 is 19.7. The van der Waals surface area contributed by atoms with Crippen LogP contribution in [0.3, 0.4) is 0 Å². The Morgan fingerprint density at radius 2 is 1.55 bits per heavy atom. The highest BCUT2D eigenvalue weighted by Crippen LogP contribution is 2.26. The number of nitrogens with zero attached hydrogens (tertiary/aromatic N) is 2. The molecule has 2 fully saturated rings. The number of thioether (sulfide) groups is 1. The summed E-state index contributed by atoms with van der Waals surface area (Å²) >= 11 is 1.35. The molecule has 6 N–H and O–H groups in total. The van der Waals surface area contributed by atoms with Crippen molar-refractivity contribution < 1.29 is 43.2 Å². The lowest BCUT2D eigenvalue weighted by Gasteiger charge is -2.07. The Morgan fingerprint density at radius 1 is 0.980 bits per heavy atom. The molecule has 0 spiro atoms. The van der Waals surface area contributed by atoms with Crippen LogP contribution in [0.25, 0.3) is 11.4 Å². The number of rotatable bonds is 6. The summed E-state index contributed by atoms with van der Waals surface area (Å²) in [5.41, 5.74) is 6.68. The molecule has 0 radical (unpaired) electrons. The van der Waals surface area contributed by atoms with Crippen LogP contribution in [0.1, 0.15) is 68.9 Å². The molecule has 2 aromatic carbocycles. The van der Waals surface area contributed by atoms with Gasteiger partial charge in [0.15, 0.2) is 5.82 Å². The highest BCUT2D eigenvalue weighted by atomic mass is 32.2. The fourth-order valence-electron chi connectivity index (χ4n) is 4.52. The molecule has 16 heteroatoms. The molecule has 0 aliphatic carbocycles. The van der Waals surface area contributed by atoms with Crippen LogP contribution in [0.15, 0.2) is 36.4 Å². The van der Waals surface area contributed by atoms with Gasteiger partial charge in [0.25, 0.3) is 5.97 Å². The first-order chi connectivity index (χ1) is 23.4. The first-order valence-corrected chi connectivity index (χ1v) is 16.4. The highest BCUT2D eigenvalue weighted by molar-refractivity contribution is 8.13. The Morgan fingerprint density at radius 3 is 2.06 bits per heavy atom. The Balaban J connectivity index is 0.000000259. The lowest BCUT2D eigenvalue weighted by molar-refractivity contribution is -0.134. The van der Waals surface area contributed by atoms with Gasteiger partial charge in [0, 0.05) is 37.2 Å². The van der Waals surface area contributed by atoms with Crippen molar-refractivity contribution in [1.29, 1.82) is 5.41 Å². The number of nitrogens with two attached hydrogens (primary N) is 1. The Bertz CT molecular complexity index is 1580. The number of aromatic nitrogens is 3. The molecule has 266 valence electrons. The van der Waals surface area contributed by atoms with Gasteiger partial charge in [-0.1, -0.05) is 12.1 Å². The summed E-state index contributed by atoms with van der Waals surface area (Å²) in [6, 6.07) is 10.6. The number of aryl methyl sites for hydroxylation is 2. The number of hydrazine groups is 1. The number of carbonyl (C=O) groups excluding carboxylic acids is 3. The standard InChI is InChI=1S/C15H17N3O3.C11H13NO2S.C5H10N2O2.C2H4O2/c1-9-3-4-10(15(19)20-2)7-12(9)14-16-13(17-18-14)11-5-6-21-8-11;1-7-4-5-8(11(13)14-2)6-9(7)10(12)15-3;6-7-5(8)4-1-2-9-3-4;1-2(3)4/h3-4,7,11H,5-6,8H2,1-2H3,(H,16,17,18);4-6,12H,1-3H3;4H,1-3,6H2,(H,7,8);1H3,(H,3,4). The predicted octanol–water partition coefficient (Wildman–Crippen LogP) is 3.64. The number of benzene rings is 2. The van der Waals surface area contributed by atoms with Gasteiger partial charge in [0.05, 0.1) is 49.5 Å². The minimum Gasteiger partial charge on any atom is -0.481 e. The molecule has 1 amide bonds. The monoisotopic (exact) mass is 700 g/mol. The predicted molar refractivity (Wildman–Crippen MR) is 184 cm³/mol. The van der Waals surface area contributed by atoms with Crippen molar-refractivity contribution in [2.45, 2.75) is 39.5 Å². The van der Waals surface area contributed by atoms with Gasteiger partial charge in [-0.2, -0.15) is 5.10 Å². The summed E-state index contributed by atoms with van der Waals surface area (Å²) in [5, 5.41) is 22.9. The van der Waals surface area contributed by atoms with Gasteiger partial charge < -0.3 is 24.1 Å². The topological polar surface area (TPSA) is 229 Å². The number of hydrogen-bond acceptors (Lipinski definition) is 13. The summed E-state index contributed by atoms with van der Waals surface area (Å²) in [5.74, 6) is 4.90. The van der Waals surface area contributed by atoms with E-state index in [4.69, 9.17) is 35.4 Å². The number of carboxylic acid groups (broad SMARTS) is 1. The van der Waals surface area contributed by atoms with E-state index in [1.165, 1.54) is 26.0 Å². The maximum atomic E-state index is 11.6. The minimum absolute atomic E-state index is 0.0185. The van der Waals surface area contributed by atoms with Crippen LogP contribution in [0.2, 0.25) is 0 Å². The average Bonchev–Trinajstić information content (AvgIpc) is 3.91. The molecule has 2 aliphatic heterocycles. The van der Waals surface area contributed by atoms with Gasteiger partial charge >= 0.3 is 11.9 Å². The second kappa shape index (κ2) is 20.7. The van der Waals surface area contributed by atoms with E-state index in [0.717, 1.165) is 54.5 Å². The van der Waals surface area contributed by atoms with Crippen LogP contribution < -0.4 is 11.3 Å². The first kappa shape index (κ1) is 40.5. The smallest absolute Gasteiger partial charge is 0.337 e. The van der Waals surface area contributed by atoms with Crippen molar-refractivity contribution in [2.24, 2.45) is 11.8 Å². The molecule has 2 saturated heterocycles. The van der Waals surface area contributed by atoms with E-state index >= 15 is 0 Å². The van der Waals surface area contributed by atoms with E-state index in [0.29, 0.717) is 41.8 Å². The Kier molecular flexibility index (Phi) is 17.1. The van der Waals surface area contributed by atoms with Gasteiger partial charge in [0.2, 0.25) is 5.91 Å². The zero-order valence-corrected chi connectivity index (χ0v) is 29.3. The van der Waals surface area contributed by atoms with Crippen molar-refractivity contribution in [2.75, 3.05) is 46.9 Å². The zero-order valence-electron chi connectivity index (χ0n) is 28.5. The third-order valence-corrected chi connectivity index (χ3v) is 7.90. The van der Waals surface area contributed by atoms with Crippen molar-refractivity contribution >= 4 is 40.6 Å². The van der Waals surface area contributed by atoms with E-state index in [2.05, 4.69) is 25.3 Å². The molecule has 15 nitrogen and oxygen atoms in total. The van der Waals surface area contributed by atoms with E-state index < -0.39 is 5.97 Å². The van der Waals surface area contributed by atoms with Crippen LogP contribution in [-0.2, 0) is 28.5 Å². The third kappa shape index (κ3) is 12.7. The van der Waals surface area contributed by atoms with E-state index in [9.17, 15) is 14.4 Å². The van der Waals surface area contributed by atoms with E-state index in [1.807, 2.05) is 32.2 Å². The number of hydrogen-bond donors (Lipinski definition) is 5. The molecule has 2 aliphatic rings. The van der Waals surface area contributed by atoms with Crippen molar-refractivity contribution in [1.82, 2.24) is 20.6 Å². The molecule has 0 saturated carbocycles. The fraction of sp³-hybridized carbons (Fsp3) is 0.424. The molecule has 2 unspecified atom stereocenters. The van der Waals surface area contributed by atoms with Crippen molar-refractivity contribution in [3.8, 4) is 11.4 Å². The van der Waals surface area contributed by atoms with Crippen LogP contribution in [0.5, 0.6) is 0 Å². The number of ether oxygens (including phenoxy) is 4.